The van der Waals surface area contributed by atoms with Crippen LogP contribution in [-0.2, 0) is 7.05 Å². The molecule has 0 radical (unpaired) electrons. The number of halogens is 3. The van der Waals surface area contributed by atoms with E-state index in [0.29, 0.717) is 0 Å². The third kappa shape index (κ3) is 1.46. The number of aryl methyl sites for hydroxylation is 1. The van der Waals surface area contributed by atoms with Crippen LogP contribution in [-0.4, -0.2) is 22.0 Å². The number of rotatable bonds is 2. The molecule has 1 rings (SSSR count). The van der Waals surface area contributed by atoms with Gasteiger partial charge in [-0.25, -0.2) is 13.2 Å². The maximum Gasteiger partial charge on any atom is 0.302 e. The molecule has 0 saturated heterocycles. The lowest BCUT2D eigenvalue weighted by molar-refractivity contribution is 0.0668. The van der Waals surface area contributed by atoms with E-state index in [4.69, 9.17) is 0 Å². The van der Waals surface area contributed by atoms with E-state index in [1.54, 1.807) is 0 Å². The van der Waals surface area contributed by atoms with Gasteiger partial charge in [-0.15, -0.1) is 0 Å². The highest BCUT2D eigenvalue weighted by molar-refractivity contribution is 5.96. The van der Waals surface area contributed by atoms with Crippen LogP contribution < -0.4 is 0 Å². The number of Topliss-reactive ketones (excluding diaryl/α,β-unsaturated/α-hetero) is 1. The largest absolute Gasteiger partial charge is 0.302 e. The maximum absolute atomic E-state index is 12.6. The highest BCUT2D eigenvalue weighted by Crippen LogP contribution is 2.09. The van der Waals surface area contributed by atoms with E-state index in [1.807, 2.05) is 0 Å². The van der Waals surface area contributed by atoms with Crippen molar-refractivity contribution < 1.29 is 18.0 Å². The van der Waals surface area contributed by atoms with Gasteiger partial charge >= 0.3 is 6.43 Å². The summed E-state index contributed by atoms with van der Waals surface area (Å²) in [6, 6.07) is 0. The monoisotopic (exact) mass is 178 g/mol. The molecule has 66 valence electrons. The van der Waals surface area contributed by atoms with Crippen LogP contribution >= 0.6 is 0 Å². The van der Waals surface area contributed by atoms with Crippen molar-refractivity contribution in [2.45, 2.75) is 6.43 Å². The van der Waals surface area contributed by atoms with E-state index in [9.17, 15) is 18.0 Å². The lowest BCUT2D eigenvalue weighted by Crippen LogP contribution is -2.12. The van der Waals surface area contributed by atoms with Crippen LogP contribution in [0.4, 0.5) is 13.2 Å². The summed E-state index contributed by atoms with van der Waals surface area (Å²) >= 11 is 0. The quantitative estimate of drug-likeness (QED) is 0.633. The number of alkyl halides is 2. The van der Waals surface area contributed by atoms with Gasteiger partial charge < -0.3 is 0 Å². The topological polar surface area (TPSA) is 34.9 Å². The molecule has 0 saturated carbocycles. The molecule has 1 heterocycles. The Morgan fingerprint density at radius 1 is 1.67 bits per heavy atom. The molecule has 0 atom stereocenters. The van der Waals surface area contributed by atoms with Gasteiger partial charge in [-0.05, 0) is 0 Å². The number of ketones is 1. The summed E-state index contributed by atoms with van der Waals surface area (Å²) in [5, 5.41) is 3.24. The van der Waals surface area contributed by atoms with Gasteiger partial charge in [0, 0.05) is 7.05 Å². The first-order valence-corrected chi connectivity index (χ1v) is 3.04. The van der Waals surface area contributed by atoms with Crippen molar-refractivity contribution in [2.75, 3.05) is 0 Å². The smallest absolute Gasteiger partial charge is 0.286 e. The van der Waals surface area contributed by atoms with Crippen LogP contribution in [0.3, 0.4) is 0 Å². The van der Waals surface area contributed by atoms with Crippen LogP contribution in [0, 0.1) is 5.82 Å². The molecule has 0 unspecified atom stereocenters. The fourth-order valence-electron chi connectivity index (χ4n) is 0.730. The van der Waals surface area contributed by atoms with Crippen molar-refractivity contribution >= 4 is 5.78 Å². The first kappa shape index (κ1) is 8.76. The van der Waals surface area contributed by atoms with E-state index < -0.39 is 23.7 Å². The second kappa shape index (κ2) is 2.96. The van der Waals surface area contributed by atoms with Crippen molar-refractivity contribution in [3.8, 4) is 0 Å². The molecular weight excluding hydrogens is 173 g/mol. The van der Waals surface area contributed by atoms with Crippen molar-refractivity contribution in [1.82, 2.24) is 9.78 Å². The van der Waals surface area contributed by atoms with Gasteiger partial charge in [-0.1, -0.05) is 0 Å². The molecule has 0 bridgehead atoms. The SMILES string of the molecule is Cn1cc(F)c(C(=O)C(F)F)n1. The van der Waals surface area contributed by atoms with E-state index in [2.05, 4.69) is 5.10 Å². The van der Waals surface area contributed by atoms with Crippen LogP contribution in [0.25, 0.3) is 0 Å². The highest BCUT2D eigenvalue weighted by Gasteiger charge is 2.24. The van der Waals surface area contributed by atoms with Gasteiger partial charge in [0.05, 0.1) is 6.20 Å². The van der Waals surface area contributed by atoms with Gasteiger partial charge in [0.15, 0.2) is 11.5 Å². The molecule has 0 spiro atoms. The summed E-state index contributed by atoms with van der Waals surface area (Å²) in [6.07, 6.45) is -2.36. The summed E-state index contributed by atoms with van der Waals surface area (Å²) < 4.78 is 37.0. The average molecular weight is 178 g/mol. The Morgan fingerprint density at radius 3 is 2.58 bits per heavy atom. The number of nitrogens with zero attached hydrogens (tertiary/aromatic N) is 2. The van der Waals surface area contributed by atoms with Crippen molar-refractivity contribution in [2.24, 2.45) is 7.05 Å². The average Bonchev–Trinajstić information content (AvgIpc) is 2.28. The second-order valence-corrected chi connectivity index (χ2v) is 2.16. The van der Waals surface area contributed by atoms with E-state index in [-0.39, 0.29) is 0 Å². The molecule has 1 aromatic heterocycles. The van der Waals surface area contributed by atoms with Crippen LogP contribution in [0.15, 0.2) is 6.20 Å². The molecule has 1 aromatic rings. The van der Waals surface area contributed by atoms with Crippen molar-refractivity contribution in [3.63, 3.8) is 0 Å². The van der Waals surface area contributed by atoms with E-state index >= 15 is 0 Å². The molecular formula is C6H5F3N2O. The standard InChI is InChI=1S/C6H5F3N2O/c1-11-2-3(7)4(10-11)5(12)6(8)9/h2,6H,1H3. The molecule has 0 aliphatic carbocycles. The normalized spacial score (nSPS) is 10.8. The molecule has 3 nitrogen and oxygen atoms in total. The maximum atomic E-state index is 12.6. The van der Waals surface area contributed by atoms with Crippen LogP contribution in [0.5, 0.6) is 0 Å². The Kier molecular flexibility index (Phi) is 2.16. The third-order valence-corrected chi connectivity index (χ3v) is 1.22. The minimum Gasteiger partial charge on any atom is -0.286 e. The van der Waals surface area contributed by atoms with Gasteiger partial charge in [-0.2, -0.15) is 5.10 Å². The zero-order chi connectivity index (χ0) is 9.30. The molecule has 0 aromatic carbocycles. The summed E-state index contributed by atoms with van der Waals surface area (Å²) in [7, 11) is 1.34. The lowest BCUT2D eigenvalue weighted by atomic mass is 10.3. The highest BCUT2D eigenvalue weighted by atomic mass is 19.3. The fraction of sp³-hybridized carbons (Fsp3) is 0.333. The van der Waals surface area contributed by atoms with Gasteiger partial charge in [0.1, 0.15) is 0 Å². The van der Waals surface area contributed by atoms with Crippen molar-refractivity contribution in [1.29, 1.82) is 0 Å². The number of hydrogen-bond donors (Lipinski definition) is 0. The van der Waals surface area contributed by atoms with Gasteiger partial charge in [0.25, 0.3) is 5.78 Å². The predicted molar refractivity (Wildman–Crippen MR) is 33.5 cm³/mol. The Bertz CT molecular complexity index is 308. The Hall–Kier alpha value is -1.33. The van der Waals surface area contributed by atoms with Crippen molar-refractivity contribution in [3.05, 3.63) is 17.7 Å². The zero-order valence-electron chi connectivity index (χ0n) is 6.09. The van der Waals surface area contributed by atoms with Crippen LogP contribution in [0.1, 0.15) is 10.5 Å². The number of carbonyl (C=O) groups is 1. The Balaban J connectivity index is 3.02. The fourth-order valence-corrected chi connectivity index (χ4v) is 0.730. The minimum absolute atomic E-state index is 0.813. The summed E-state index contributed by atoms with van der Waals surface area (Å²) in [5.41, 5.74) is -0.813. The molecule has 12 heavy (non-hydrogen) atoms. The molecule has 0 amide bonds. The minimum atomic E-state index is -3.21. The van der Waals surface area contributed by atoms with Crippen LogP contribution in [0.2, 0.25) is 0 Å². The number of hydrogen-bond acceptors (Lipinski definition) is 2. The summed E-state index contributed by atoms with van der Waals surface area (Å²) in [4.78, 5) is 10.5. The lowest BCUT2D eigenvalue weighted by Gasteiger charge is -1.92. The molecule has 0 N–H and O–H groups in total. The summed E-state index contributed by atoms with van der Waals surface area (Å²) in [6.45, 7) is 0. The molecule has 0 fully saturated rings. The van der Waals surface area contributed by atoms with E-state index in [1.165, 1.54) is 7.05 Å². The predicted octanol–water partition coefficient (Wildman–Crippen LogP) is 1.01. The summed E-state index contributed by atoms with van der Waals surface area (Å²) in [5.74, 6) is -2.61. The zero-order valence-corrected chi connectivity index (χ0v) is 6.09. The first-order valence-electron chi connectivity index (χ1n) is 3.04. The van der Waals surface area contributed by atoms with E-state index in [0.717, 1.165) is 10.9 Å². The van der Waals surface area contributed by atoms with Gasteiger partial charge in [0.2, 0.25) is 0 Å². The first-order chi connectivity index (χ1) is 5.52. The molecule has 0 aliphatic rings. The second-order valence-electron chi connectivity index (χ2n) is 2.16. The van der Waals surface area contributed by atoms with Gasteiger partial charge in [-0.3, -0.25) is 9.48 Å². The molecule has 0 aliphatic heterocycles. The number of aromatic nitrogens is 2. The molecule has 6 heteroatoms. The Labute approximate surface area is 65.8 Å². The third-order valence-electron chi connectivity index (χ3n) is 1.22. The number of carbonyl (C=O) groups excluding carboxylic acids is 1. The Morgan fingerprint density at radius 2 is 2.25 bits per heavy atom.